The van der Waals surface area contributed by atoms with E-state index < -0.39 is 33.6 Å². The summed E-state index contributed by atoms with van der Waals surface area (Å²) in [5.41, 5.74) is -0.656. The van der Waals surface area contributed by atoms with Crippen molar-refractivity contribution in [1.29, 1.82) is 0 Å². The molecule has 0 spiro atoms. The van der Waals surface area contributed by atoms with Crippen LogP contribution in [-0.2, 0) is 25.7 Å². The van der Waals surface area contributed by atoms with Crippen molar-refractivity contribution in [2.45, 2.75) is 15.4 Å². The van der Waals surface area contributed by atoms with Crippen LogP contribution in [0.3, 0.4) is 0 Å². The van der Waals surface area contributed by atoms with Gasteiger partial charge in [-0.15, -0.1) is 10.2 Å². The smallest absolute Gasteiger partial charge is 0.379 e. The van der Waals surface area contributed by atoms with Gasteiger partial charge in [-0.25, -0.2) is 8.42 Å². The summed E-state index contributed by atoms with van der Waals surface area (Å²) in [6.07, 6.45) is -4.52. The number of ether oxygens (including phenoxy) is 1. The third-order valence-corrected chi connectivity index (χ3v) is 9.04. The Labute approximate surface area is 223 Å². The second-order valence-electron chi connectivity index (χ2n) is 7.78. The number of thioether (sulfide) groups is 1. The van der Waals surface area contributed by atoms with Crippen molar-refractivity contribution in [3.63, 3.8) is 0 Å². The van der Waals surface area contributed by atoms with E-state index in [1.807, 2.05) is 0 Å². The van der Waals surface area contributed by atoms with Gasteiger partial charge in [0, 0.05) is 24.3 Å². The number of nitrogens with one attached hydrogen (secondary N) is 2. The molecule has 1 fully saturated rings. The summed E-state index contributed by atoms with van der Waals surface area (Å²) in [5, 5.41) is 12.8. The monoisotopic (exact) mass is 587 g/mol. The van der Waals surface area contributed by atoms with E-state index in [9.17, 15) is 31.2 Å². The summed E-state index contributed by atoms with van der Waals surface area (Å²) in [4.78, 5) is 24.8. The highest BCUT2D eigenvalue weighted by atomic mass is 32.2. The zero-order valence-corrected chi connectivity index (χ0v) is 21.8. The third-order valence-electron chi connectivity index (χ3n) is 5.15. The van der Waals surface area contributed by atoms with Gasteiger partial charge in [0.25, 0.3) is 5.91 Å². The predicted octanol–water partition coefficient (Wildman–Crippen LogP) is 3.56. The van der Waals surface area contributed by atoms with Crippen LogP contribution in [0.1, 0.15) is 15.9 Å². The zero-order valence-electron chi connectivity index (χ0n) is 19.4. The van der Waals surface area contributed by atoms with E-state index in [1.54, 1.807) is 0 Å². The van der Waals surface area contributed by atoms with Crippen LogP contribution in [0, 0.1) is 0 Å². The van der Waals surface area contributed by atoms with E-state index in [2.05, 4.69) is 20.8 Å². The molecule has 1 aromatic heterocycles. The van der Waals surface area contributed by atoms with Crippen LogP contribution in [0.2, 0.25) is 0 Å². The van der Waals surface area contributed by atoms with E-state index in [4.69, 9.17) is 4.74 Å². The van der Waals surface area contributed by atoms with Gasteiger partial charge in [-0.2, -0.15) is 17.5 Å². The quantitative estimate of drug-likeness (QED) is 0.302. The molecule has 2 N–H and O–H groups in total. The van der Waals surface area contributed by atoms with E-state index in [0.717, 1.165) is 35.2 Å². The first-order valence-electron chi connectivity index (χ1n) is 10.9. The SMILES string of the molecule is O=C(CSc1nnc(NC(=O)c2ccc(S(=O)(=O)N3CCOCC3)cc2)s1)Nc1cccc(C(F)(F)F)c1. The topological polar surface area (TPSA) is 131 Å². The van der Waals surface area contributed by atoms with Crippen molar-refractivity contribution in [2.24, 2.45) is 0 Å². The summed E-state index contributed by atoms with van der Waals surface area (Å²) >= 11 is 2.00. The number of anilines is 2. The lowest BCUT2D eigenvalue weighted by molar-refractivity contribution is -0.137. The normalized spacial score (nSPS) is 14.7. The molecule has 2 amide bonds. The third kappa shape index (κ3) is 7.08. The maximum atomic E-state index is 12.8. The molecule has 202 valence electrons. The van der Waals surface area contributed by atoms with Crippen molar-refractivity contribution in [2.75, 3.05) is 42.7 Å². The Bertz CT molecular complexity index is 1410. The minimum atomic E-state index is -4.52. The van der Waals surface area contributed by atoms with Gasteiger partial charge >= 0.3 is 6.18 Å². The fourth-order valence-electron chi connectivity index (χ4n) is 3.30. The van der Waals surface area contributed by atoms with Gasteiger partial charge in [-0.1, -0.05) is 29.2 Å². The number of hydrogen-bond donors (Lipinski definition) is 2. The molecule has 1 saturated heterocycles. The van der Waals surface area contributed by atoms with E-state index in [1.165, 1.54) is 40.7 Å². The summed E-state index contributed by atoms with van der Waals surface area (Å²) in [6, 6.07) is 9.76. The molecule has 1 aliphatic rings. The lowest BCUT2D eigenvalue weighted by atomic mass is 10.2. The molecule has 0 bridgehead atoms. The number of hydrogen-bond acceptors (Lipinski definition) is 9. The number of nitrogens with zero attached hydrogens (tertiary/aromatic N) is 3. The van der Waals surface area contributed by atoms with Gasteiger partial charge in [-0.3, -0.25) is 14.9 Å². The average Bonchev–Trinajstić information content (AvgIpc) is 3.35. The molecule has 0 aliphatic carbocycles. The van der Waals surface area contributed by atoms with Crippen molar-refractivity contribution in [3.05, 3.63) is 59.7 Å². The highest BCUT2D eigenvalue weighted by Crippen LogP contribution is 2.31. The maximum Gasteiger partial charge on any atom is 0.416 e. The van der Waals surface area contributed by atoms with Crippen LogP contribution in [0.15, 0.2) is 57.8 Å². The molecule has 4 rings (SSSR count). The zero-order chi connectivity index (χ0) is 27.3. The second kappa shape index (κ2) is 11.8. The molecular formula is C22H20F3N5O5S3. The molecule has 2 aromatic carbocycles. The van der Waals surface area contributed by atoms with Gasteiger partial charge in [-0.05, 0) is 42.5 Å². The van der Waals surface area contributed by atoms with Crippen LogP contribution in [0.25, 0.3) is 0 Å². The molecule has 10 nitrogen and oxygen atoms in total. The molecule has 0 radical (unpaired) electrons. The molecular weight excluding hydrogens is 567 g/mol. The fraction of sp³-hybridized carbons (Fsp3) is 0.273. The number of amides is 2. The molecule has 0 unspecified atom stereocenters. The molecule has 3 aromatic rings. The minimum absolute atomic E-state index is 0.0133. The Morgan fingerprint density at radius 3 is 2.45 bits per heavy atom. The Morgan fingerprint density at radius 1 is 1.05 bits per heavy atom. The summed E-state index contributed by atoms with van der Waals surface area (Å²) in [6.45, 7) is 1.16. The molecule has 2 heterocycles. The summed E-state index contributed by atoms with van der Waals surface area (Å²) in [7, 11) is -3.69. The van der Waals surface area contributed by atoms with Crippen LogP contribution >= 0.6 is 23.1 Å². The van der Waals surface area contributed by atoms with E-state index in [0.29, 0.717) is 17.6 Å². The molecule has 16 heteroatoms. The van der Waals surface area contributed by atoms with Gasteiger partial charge in [0.15, 0.2) is 4.34 Å². The Morgan fingerprint density at radius 2 is 1.76 bits per heavy atom. The maximum absolute atomic E-state index is 12.8. The first-order chi connectivity index (χ1) is 18.0. The predicted molar refractivity (Wildman–Crippen MR) is 135 cm³/mol. The Kier molecular flexibility index (Phi) is 8.67. The number of sulfonamides is 1. The largest absolute Gasteiger partial charge is 0.416 e. The number of carbonyl (C=O) groups excluding carboxylic acids is 2. The Balaban J connectivity index is 1.29. The molecule has 0 atom stereocenters. The highest BCUT2D eigenvalue weighted by Gasteiger charge is 2.30. The number of halogens is 3. The summed E-state index contributed by atoms with van der Waals surface area (Å²) < 4.78 is 70.7. The van der Waals surface area contributed by atoms with Crippen LogP contribution < -0.4 is 10.6 Å². The summed E-state index contributed by atoms with van der Waals surface area (Å²) in [5.74, 6) is -1.21. The number of alkyl halides is 3. The van der Waals surface area contributed by atoms with Crippen LogP contribution in [0.5, 0.6) is 0 Å². The first-order valence-corrected chi connectivity index (χ1v) is 14.2. The van der Waals surface area contributed by atoms with E-state index in [-0.39, 0.29) is 40.1 Å². The highest BCUT2D eigenvalue weighted by molar-refractivity contribution is 8.01. The van der Waals surface area contributed by atoms with Crippen molar-refractivity contribution >= 4 is 55.8 Å². The molecule has 38 heavy (non-hydrogen) atoms. The number of morpholine rings is 1. The average molecular weight is 588 g/mol. The second-order valence-corrected chi connectivity index (χ2v) is 11.9. The van der Waals surface area contributed by atoms with Crippen molar-refractivity contribution in [1.82, 2.24) is 14.5 Å². The lowest BCUT2D eigenvalue weighted by Crippen LogP contribution is -2.40. The van der Waals surface area contributed by atoms with Crippen molar-refractivity contribution in [3.8, 4) is 0 Å². The molecule has 0 saturated carbocycles. The standard InChI is InChI=1S/C22H20F3N5O5S3/c23-22(24,25)15-2-1-3-16(12-15)26-18(31)13-36-21-29-28-20(37-21)27-19(32)14-4-6-17(7-5-14)38(33,34)30-8-10-35-11-9-30/h1-7,12H,8-11,13H2,(H,26,31)(H,27,28,32). The Hall–Kier alpha value is -3.05. The number of rotatable bonds is 8. The number of benzene rings is 2. The fourth-order valence-corrected chi connectivity index (χ4v) is 6.25. The lowest BCUT2D eigenvalue weighted by Gasteiger charge is -2.26. The number of carbonyl (C=O) groups is 2. The first kappa shape index (κ1) is 28.0. The van der Waals surface area contributed by atoms with Gasteiger partial charge < -0.3 is 10.1 Å². The van der Waals surface area contributed by atoms with Gasteiger partial charge in [0.1, 0.15) is 0 Å². The molecule has 1 aliphatic heterocycles. The van der Waals surface area contributed by atoms with E-state index >= 15 is 0 Å². The van der Waals surface area contributed by atoms with Gasteiger partial charge in [0.2, 0.25) is 21.1 Å². The van der Waals surface area contributed by atoms with Gasteiger partial charge in [0.05, 0.1) is 29.4 Å². The minimum Gasteiger partial charge on any atom is -0.379 e. The van der Waals surface area contributed by atoms with Crippen molar-refractivity contribution < 1.29 is 35.9 Å². The van der Waals surface area contributed by atoms with Crippen LogP contribution in [-0.4, -0.2) is 66.8 Å². The van der Waals surface area contributed by atoms with Crippen LogP contribution in [0.4, 0.5) is 24.0 Å². The number of aromatic nitrogens is 2.